The second-order valence-electron chi connectivity index (χ2n) is 5.49. The van der Waals surface area contributed by atoms with E-state index in [0.29, 0.717) is 5.69 Å². The number of halogens is 4. The smallest absolute Gasteiger partial charge is 0.412 e. The zero-order valence-corrected chi connectivity index (χ0v) is 14.1. The molecule has 1 fully saturated rings. The van der Waals surface area contributed by atoms with Gasteiger partial charge in [-0.05, 0) is 25.0 Å². The monoisotopic (exact) mass is 391 g/mol. The first-order valence-electron chi connectivity index (χ1n) is 7.17. The molecule has 1 amide bonds. The van der Waals surface area contributed by atoms with Gasteiger partial charge in [-0.15, -0.1) is 12.4 Å². The Balaban J connectivity index is 0.00000169. The maximum Gasteiger partial charge on any atom is 0.418 e. The van der Waals surface area contributed by atoms with Gasteiger partial charge in [0.25, 0.3) is 5.91 Å². The van der Waals surface area contributed by atoms with Crippen molar-refractivity contribution in [1.82, 2.24) is 9.78 Å². The Morgan fingerprint density at radius 3 is 2.38 bits per heavy atom. The van der Waals surface area contributed by atoms with Gasteiger partial charge in [0.05, 0.1) is 28.7 Å². The number of carbonyl (C=O) groups excluding carboxylic acids is 1. The molecular weight excluding hydrogens is 375 g/mol. The van der Waals surface area contributed by atoms with E-state index in [1.54, 1.807) is 0 Å². The predicted molar refractivity (Wildman–Crippen MR) is 91.5 cm³/mol. The fourth-order valence-electron chi connectivity index (χ4n) is 2.54. The minimum Gasteiger partial charge on any atom is -0.412 e. The van der Waals surface area contributed by atoms with Crippen LogP contribution in [-0.2, 0) is 6.18 Å². The number of hydrogen-bond donors (Lipinski definition) is 2. The first-order chi connectivity index (χ1) is 11.3. The van der Waals surface area contributed by atoms with Crippen LogP contribution in [0.5, 0.6) is 0 Å². The number of aromatic nitrogens is 2. The van der Waals surface area contributed by atoms with Gasteiger partial charge in [-0.1, -0.05) is 12.1 Å². The highest BCUT2D eigenvalue weighted by atomic mass is 35.5. The van der Waals surface area contributed by atoms with E-state index in [9.17, 15) is 18.0 Å². The van der Waals surface area contributed by atoms with E-state index in [0.717, 1.165) is 23.6 Å². The van der Waals surface area contributed by atoms with Crippen LogP contribution in [0.2, 0.25) is 0 Å². The molecule has 1 heterocycles. The summed E-state index contributed by atoms with van der Waals surface area (Å²) in [5.74, 6) is -1.17. The third-order valence-electron chi connectivity index (χ3n) is 3.67. The Morgan fingerprint density at radius 2 is 1.85 bits per heavy atom. The third kappa shape index (κ3) is 4.14. The molecule has 6 N–H and O–H groups in total. The highest BCUT2D eigenvalue weighted by Crippen LogP contribution is 2.44. The predicted octanol–water partition coefficient (Wildman–Crippen LogP) is 1.78. The van der Waals surface area contributed by atoms with E-state index in [1.165, 1.54) is 24.4 Å². The molecule has 0 atom stereocenters. The molecular formula is C15H17ClF3N5O2. The number of benzene rings is 1. The number of amides is 1. The minimum atomic E-state index is -4.53. The molecule has 7 nitrogen and oxygen atoms in total. The fraction of sp³-hybridized carbons (Fsp3) is 0.267. The molecule has 0 radical (unpaired) electrons. The minimum absolute atomic E-state index is 0. The van der Waals surface area contributed by atoms with E-state index in [4.69, 9.17) is 11.5 Å². The highest BCUT2D eigenvalue weighted by Gasteiger charge is 2.37. The van der Waals surface area contributed by atoms with Gasteiger partial charge in [-0.25, -0.2) is 4.68 Å². The van der Waals surface area contributed by atoms with Crippen LogP contribution in [0.4, 0.5) is 13.2 Å². The maximum atomic E-state index is 13.3. The maximum absolute atomic E-state index is 13.3. The summed E-state index contributed by atoms with van der Waals surface area (Å²) in [6.07, 6.45) is -1.80. The largest absolute Gasteiger partial charge is 0.418 e. The Kier molecular flexibility index (Phi) is 6.39. The molecule has 0 saturated heterocycles. The summed E-state index contributed by atoms with van der Waals surface area (Å²) in [6, 6.07) is 5.08. The lowest BCUT2D eigenvalue weighted by Crippen LogP contribution is -2.24. The van der Waals surface area contributed by atoms with Crippen molar-refractivity contribution >= 4 is 24.3 Å². The van der Waals surface area contributed by atoms with Crippen LogP contribution in [0.25, 0.3) is 5.69 Å². The number of carbonyl (C=O) groups is 1. The molecule has 1 saturated carbocycles. The van der Waals surface area contributed by atoms with Crippen LogP contribution in [0.15, 0.2) is 35.5 Å². The van der Waals surface area contributed by atoms with Crippen molar-refractivity contribution in [2.24, 2.45) is 16.5 Å². The topological polar surface area (TPSA) is 131 Å². The van der Waals surface area contributed by atoms with E-state index in [-0.39, 0.29) is 35.1 Å². The second kappa shape index (κ2) is 7.75. The van der Waals surface area contributed by atoms with Crippen LogP contribution in [-0.4, -0.2) is 27.1 Å². The van der Waals surface area contributed by atoms with Crippen molar-refractivity contribution in [2.45, 2.75) is 24.9 Å². The molecule has 1 aliphatic carbocycles. The Morgan fingerprint density at radius 1 is 1.23 bits per heavy atom. The zero-order valence-electron chi connectivity index (χ0n) is 13.3. The Labute approximate surface area is 152 Å². The number of aliphatic imine (C=N–C) groups is 1. The molecule has 2 aromatic rings. The summed E-state index contributed by atoms with van der Waals surface area (Å²) in [6.45, 7) is 0. The number of hydrogen-bond acceptors (Lipinski definition) is 2. The molecule has 26 heavy (non-hydrogen) atoms. The SMILES string of the molecule is Cl.NC(N)=NC(=O)c1cnn(-c2ccccc2C(F)(F)F)c1C1CC1.O. The molecule has 11 heteroatoms. The average molecular weight is 392 g/mol. The third-order valence-corrected chi connectivity index (χ3v) is 3.67. The van der Waals surface area contributed by atoms with Crippen molar-refractivity contribution in [2.75, 3.05) is 0 Å². The molecule has 3 rings (SSSR count). The number of alkyl halides is 3. The van der Waals surface area contributed by atoms with Gasteiger partial charge in [0.15, 0.2) is 5.96 Å². The summed E-state index contributed by atoms with van der Waals surface area (Å²) in [5, 5.41) is 4.00. The van der Waals surface area contributed by atoms with E-state index < -0.39 is 23.6 Å². The van der Waals surface area contributed by atoms with Gasteiger partial charge < -0.3 is 16.9 Å². The lowest BCUT2D eigenvalue weighted by atomic mass is 10.1. The second-order valence-corrected chi connectivity index (χ2v) is 5.49. The van der Waals surface area contributed by atoms with Crippen LogP contribution >= 0.6 is 12.4 Å². The van der Waals surface area contributed by atoms with E-state index in [2.05, 4.69) is 10.1 Å². The van der Waals surface area contributed by atoms with Crippen molar-refractivity contribution in [3.05, 3.63) is 47.3 Å². The standard InChI is InChI=1S/C15H14F3N5O.ClH.H2O/c16-15(17,18)10-3-1-2-4-11(10)23-12(8-5-6-8)9(7-21-23)13(24)22-14(19)20;;/h1-4,7-8H,5-6H2,(H4,19,20,22,24);1H;1H2. The summed E-state index contributed by atoms with van der Waals surface area (Å²) >= 11 is 0. The molecule has 1 aromatic heterocycles. The summed E-state index contributed by atoms with van der Waals surface area (Å²) < 4.78 is 40.9. The lowest BCUT2D eigenvalue weighted by molar-refractivity contribution is -0.137. The summed E-state index contributed by atoms with van der Waals surface area (Å²) in [4.78, 5) is 15.6. The molecule has 0 spiro atoms. The van der Waals surface area contributed by atoms with Gasteiger partial charge >= 0.3 is 6.18 Å². The van der Waals surface area contributed by atoms with E-state index >= 15 is 0 Å². The van der Waals surface area contributed by atoms with Crippen LogP contribution in [0.3, 0.4) is 0 Å². The summed E-state index contributed by atoms with van der Waals surface area (Å²) in [7, 11) is 0. The van der Waals surface area contributed by atoms with Gasteiger partial charge in [0.1, 0.15) is 0 Å². The van der Waals surface area contributed by atoms with Gasteiger partial charge in [0.2, 0.25) is 0 Å². The van der Waals surface area contributed by atoms with Crippen LogP contribution in [0.1, 0.15) is 40.4 Å². The van der Waals surface area contributed by atoms with Crippen molar-refractivity contribution < 1.29 is 23.4 Å². The molecule has 142 valence electrons. The van der Waals surface area contributed by atoms with Crippen molar-refractivity contribution in [3.63, 3.8) is 0 Å². The number of guanidine groups is 1. The number of nitrogens with zero attached hydrogens (tertiary/aromatic N) is 3. The van der Waals surface area contributed by atoms with Crippen LogP contribution < -0.4 is 11.5 Å². The number of nitrogens with two attached hydrogens (primary N) is 2. The van der Waals surface area contributed by atoms with Gasteiger partial charge in [-0.3, -0.25) is 4.79 Å². The molecule has 1 aliphatic rings. The first-order valence-corrected chi connectivity index (χ1v) is 7.17. The summed E-state index contributed by atoms with van der Waals surface area (Å²) in [5.41, 5.74) is 9.97. The zero-order chi connectivity index (χ0) is 17.5. The molecule has 0 unspecified atom stereocenters. The molecule has 0 aliphatic heterocycles. The Hall–Kier alpha value is -2.59. The number of para-hydroxylation sites is 1. The van der Waals surface area contributed by atoms with Crippen LogP contribution in [0, 0.1) is 0 Å². The quantitative estimate of drug-likeness (QED) is 0.609. The van der Waals surface area contributed by atoms with Crippen molar-refractivity contribution in [3.8, 4) is 5.69 Å². The molecule has 1 aromatic carbocycles. The normalized spacial score (nSPS) is 13.3. The average Bonchev–Trinajstić information content (AvgIpc) is 3.23. The van der Waals surface area contributed by atoms with Gasteiger partial charge in [-0.2, -0.15) is 23.3 Å². The fourth-order valence-corrected chi connectivity index (χ4v) is 2.54. The lowest BCUT2D eigenvalue weighted by Gasteiger charge is -2.15. The highest BCUT2D eigenvalue weighted by molar-refractivity contribution is 6.02. The number of rotatable bonds is 3. The van der Waals surface area contributed by atoms with E-state index in [1.807, 2.05) is 0 Å². The van der Waals surface area contributed by atoms with Gasteiger partial charge in [0, 0.05) is 5.92 Å². The Bertz CT molecular complexity index is 827. The first kappa shape index (κ1) is 21.5. The van der Waals surface area contributed by atoms with Crippen molar-refractivity contribution in [1.29, 1.82) is 0 Å². The molecule has 0 bridgehead atoms.